The molecule has 2 aromatic rings. The number of carbonyl (C=O) groups excluding carboxylic acids is 2. The van der Waals surface area contributed by atoms with Crippen molar-refractivity contribution in [3.63, 3.8) is 0 Å². The van der Waals surface area contributed by atoms with Gasteiger partial charge in [0.05, 0.1) is 25.3 Å². The first kappa shape index (κ1) is 26.1. The van der Waals surface area contributed by atoms with E-state index in [1.165, 1.54) is 12.1 Å². The van der Waals surface area contributed by atoms with E-state index >= 15 is 0 Å². The van der Waals surface area contributed by atoms with Crippen molar-refractivity contribution in [1.82, 2.24) is 0 Å². The molecule has 166 valence electrons. The van der Waals surface area contributed by atoms with Gasteiger partial charge in [-0.25, -0.2) is 0 Å². The lowest BCUT2D eigenvalue weighted by Crippen LogP contribution is -2.15. The van der Waals surface area contributed by atoms with E-state index in [1.807, 2.05) is 25.1 Å². The molecule has 0 amide bonds. The maximum absolute atomic E-state index is 12.6. The first-order chi connectivity index (χ1) is 14.7. The van der Waals surface area contributed by atoms with Crippen molar-refractivity contribution in [1.29, 1.82) is 5.26 Å². The SMILES string of the molecule is COc1ccc(SCC(CCC#N)COc2ccc(C(F)(F)F)cc2)cc1C.O=C=O. The van der Waals surface area contributed by atoms with Crippen LogP contribution in [0.4, 0.5) is 13.2 Å². The van der Waals surface area contributed by atoms with E-state index in [4.69, 9.17) is 24.3 Å². The first-order valence-electron chi connectivity index (χ1n) is 9.18. The number of halogens is 3. The molecule has 0 fully saturated rings. The Morgan fingerprint density at radius 1 is 1.13 bits per heavy atom. The third kappa shape index (κ3) is 9.60. The standard InChI is InChI=1S/C21H22F3NO2S.CO2/c1-15-12-19(9-10-20(15)26-2)28-14-16(4-3-11-25)13-27-18-7-5-17(6-8-18)21(22,23)24;2-1-3/h5-10,12,16H,3-4,13-14H2,1-2H3;. The lowest BCUT2D eigenvalue weighted by molar-refractivity contribution is -0.191. The number of hydrogen-bond acceptors (Lipinski definition) is 6. The average molecular weight is 453 g/mol. The summed E-state index contributed by atoms with van der Waals surface area (Å²) in [5.41, 5.74) is 0.341. The van der Waals surface area contributed by atoms with Gasteiger partial charge in [0.1, 0.15) is 11.5 Å². The smallest absolute Gasteiger partial charge is 0.416 e. The van der Waals surface area contributed by atoms with Crippen molar-refractivity contribution < 1.29 is 32.2 Å². The van der Waals surface area contributed by atoms with E-state index < -0.39 is 11.7 Å². The Labute approximate surface area is 183 Å². The summed E-state index contributed by atoms with van der Waals surface area (Å²) in [6, 6.07) is 12.7. The number of nitrogens with zero attached hydrogens (tertiary/aromatic N) is 1. The van der Waals surface area contributed by atoms with Gasteiger partial charge in [0.25, 0.3) is 0 Å². The molecule has 0 spiro atoms. The predicted octanol–water partition coefficient (Wildman–Crippen LogP) is 5.53. The molecule has 0 aliphatic carbocycles. The number of alkyl halides is 3. The van der Waals surface area contributed by atoms with Crippen LogP contribution in [0.5, 0.6) is 11.5 Å². The molecule has 2 rings (SSSR count). The average Bonchev–Trinajstić information content (AvgIpc) is 2.73. The van der Waals surface area contributed by atoms with Crippen molar-refractivity contribution in [3.8, 4) is 17.6 Å². The Morgan fingerprint density at radius 2 is 1.77 bits per heavy atom. The van der Waals surface area contributed by atoms with Crippen LogP contribution in [0.3, 0.4) is 0 Å². The fourth-order valence-corrected chi connectivity index (χ4v) is 3.71. The number of benzene rings is 2. The van der Waals surface area contributed by atoms with Gasteiger partial charge >= 0.3 is 12.3 Å². The molecule has 0 aliphatic heterocycles. The Bertz CT molecular complexity index is 889. The molecule has 0 aliphatic rings. The van der Waals surface area contributed by atoms with Crippen LogP contribution in [0.1, 0.15) is 24.0 Å². The molecule has 0 radical (unpaired) electrons. The number of thioether (sulfide) groups is 1. The Balaban J connectivity index is 0.00000151. The molecule has 0 saturated heterocycles. The van der Waals surface area contributed by atoms with Crippen LogP contribution in [-0.4, -0.2) is 25.6 Å². The van der Waals surface area contributed by atoms with Crippen LogP contribution < -0.4 is 9.47 Å². The normalized spacial score (nSPS) is 11.4. The van der Waals surface area contributed by atoms with E-state index in [9.17, 15) is 13.2 Å². The van der Waals surface area contributed by atoms with Gasteiger partial charge in [-0.3, -0.25) is 0 Å². The number of aryl methyl sites for hydroxylation is 1. The maximum Gasteiger partial charge on any atom is 0.416 e. The molecule has 0 saturated carbocycles. The summed E-state index contributed by atoms with van der Waals surface area (Å²) in [4.78, 5) is 17.3. The fourth-order valence-electron chi connectivity index (χ4n) is 2.59. The molecule has 9 heteroatoms. The monoisotopic (exact) mass is 453 g/mol. The largest absolute Gasteiger partial charge is 0.496 e. The minimum absolute atomic E-state index is 0.106. The van der Waals surface area contributed by atoms with Crippen molar-refractivity contribution in [2.75, 3.05) is 19.5 Å². The zero-order valence-corrected chi connectivity index (χ0v) is 17.9. The minimum Gasteiger partial charge on any atom is -0.496 e. The summed E-state index contributed by atoms with van der Waals surface area (Å²) in [5, 5.41) is 8.87. The second-order valence-electron chi connectivity index (χ2n) is 6.42. The zero-order chi connectivity index (χ0) is 23.3. The molecule has 0 bridgehead atoms. The lowest BCUT2D eigenvalue weighted by atomic mass is 10.1. The summed E-state index contributed by atoms with van der Waals surface area (Å²) in [5.74, 6) is 2.07. The molecular formula is C22H22F3NO4S. The highest BCUT2D eigenvalue weighted by Crippen LogP contribution is 2.31. The van der Waals surface area contributed by atoms with Gasteiger partial charge < -0.3 is 9.47 Å². The van der Waals surface area contributed by atoms with Crippen LogP contribution in [0.2, 0.25) is 0 Å². The van der Waals surface area contributed by atoms with Crippen molar-refractivity contribution in [2.45, 2.75) is 30.8 Å². The number of rotatable bonds is 9. The van der Waals surface area contributed by atoms with Crippen LogP contribution in [0.25, 0.3) is 0 Å². The van der Waals surface area contributed by atoms with Crippen LogP contribution in [0, 0.1) is 24.2 Å². The molecular weight excluding hydrogens is 431 g/mol. The third-order valence-electron chi connectivity index (χ3n) is 4.18. The molecule has 0 N–H and O–H groups in total. The second kappa shape index (κ2) is 13.4. The highest BCUT2D eigenvalue weighted by Gasteiger charge is 2.30. The van der Waals surface area contributed by atoms with Gasteiger partial charge in [-0.1, -0.05) is 0 Å². The summed E-state index contributed by atoms with van der Waals surface area (Å²) in [6.07, 6.45) is -3.04. The van der Waals surface area contributed by atoms with Crippen molar-refractivity contribution >= 4 is 17.9 Å². The van der Waals surface area contributed by atoms with E-state index in [2.05, 4.69) is 6.07 Å². The van der Waals surface area contributed by atoms with E-state index in [0.717, 1.165) is 34.1 Å². The molecule has 1 atom stereocenters. The third-order valence-corrected chi connectivity index (χ3v) is 5.41. The number of ether oxygens (including phenoxy) is 2. The first-order valence-corrected chi connectivity index (χ1v) is 10.2. The zero-order valence-electron chi connectivity index (χ0n) is 17.1. The topological polar surface area (TPSA) is 76.4 Å². The molecule has 0 aromatic heterocycles. The van der Waals surface area contributed by atoms with E-state index in [0.29, 0.717) is 25.2 Å². The highest BCUT2D eigenvalue weighted by molar-refractivity contribution is 7.99. The maximum atomic E-state index is 12.6. The van der Waals surface area contributed by atoms with Gasteiger partial charge in [0, 0.05) is 23.0 Å². The van der Waals surface area contributed by atoms with E-state index in [-0.39, 0.29) is 12.1 Å². The lowest BCUT2D eigenvalue weighted by Gasteiger charge is -2.17. The van der Waals surface area contributed by atoms with Gasteiger partial charge in [0.2, 0.25) is 0 Å². The van der Waals surface area contributed by atoms with Gasteiger partial charge in [0.15, 0.2) is 0 Å². The Kier molecular flexibility index (Phi) is 11.3. The van der Waals surface area contributed by atoms with Gasteiger partial charge in [-0.2, -0.15) is 28.0 Å². The quantitative estimate of drug-likeness (QED) is 0.465. The molecule has 5 nitrogen and oxygen atoms in total. The van der Waals surface area contributed by atoms with Gasteiger partial charge in [-0.05, 0) is 61.4 Å². The molecule has 31 heavy (non-hydrogen) atoms. The molecule has 0 heterocycles. The summed E-state index contributed by atoms with van der Waals surface area (Å²) in [6.45, 7) is 2.32. The summed E-state index contributed by atoms with van der Waals surface area (Å²) in [7, 11) is 1.63. The van der Waals surface area contributed by atoms with Crippen molar-refractivity contribution in [3.05, 3.63) is 53.6 Å². The Morgan fingerprint density at radius 3 is 2.29 bits per heavy atom. The van der Waals surface area contributed by atoms with Crippen LogP contribution >= 0.6 is 11.8 Å². The Hall–Kier alpha value is -2.95. The number of methoxy groups -OCH3 is 1. The minimum atomic E-state index is -4.36. The predicted molar refractivity (Wildman–Crippen MR) is 109 cm³/mol. The second-order valence-corrected chi connectivity index (χ2v) is 7.52. The fraction of sp³-hybridized carbons (Fsp3) is 0.364. The van der Waals surface area contributed by atoms with Crippen LogP contribution in [-0.2, 0) is 15.8 Å². The van der Waals surface area contributed by atoms with Gasteiger partial charge in [-0.15, -0.1) is 11.8 Å². The van der Waals surface area contributed by atoms with Crippen molar-refractivity contribution in [2.24, 2.45) is 5.92 Å². The van der Waals surface area contributed by atoms with E-state index in [1.54, 1.807) is 18.9 Å². The number of hydrogen-bond donors (Lipinski definition) is 0. The molecule has 1 unspecified atom stereocenters. The van der Waals surface area contributed by atoms with Crippen LogP contribution in [0.15, 0.2) is 47.4 Å². The molecule has 2 aromatic carbocycles. The summed E-state index contributed by atoms with van der Waals surface area (Å²) >= 11 is 1.66. The number of nitriles is 1. The summed E-state index contributed by atoms with van der Waals surface area (Å²) < 4.78 is 48.8. The highest BCUT2D eigenvalue weighted by atomic mass is 32.2.